The first-order valence-corrected chi connectivity index (χ1v) is 7.70. The van der Waals surface area contributed by atoms with Gasteiger partial charge in [-0.3, -0.25) is 0 Å². The van der Waals surface area contributed by atoms with E-state index in [2.05, 4.69) is 43.0 Å². The summed E-state index contributed by atoms with van der Waals surface area (Å²) >= 11 is 0. The Labute approximate surface area is 118 Å². The van der Waals surface area contributed by atoms with E-state index in [4.69, 9.17) is 0 Å². The number of hydrogen-bond donors (Lipinski definition) is 2. The fourth-order valence-corrected chi connectivity index (χ4v) is 3.04. The summed E-state index contributed by atoms with van der Waals surface area (Å²) in [5, 5.41) is 3.67. The number of imidazole rings is 1. The molecule has 0 radical (unpaired) electrons. The third-order valence-electron chi connectivity index (χ3n) is 4.16. The van der Waals surface area contributed by atoms with Crippen LogP contribution in [0.25, 0.3) is 0 Å². The molecule has 3 heteroatoms. The molecule has 1 fully saturated rings. The van der Waals surface area contributed by atoms with Gasteiger partial charge in [0.05, 0.1) is 12.0 Å². The van der Waals surface area contributed by atoms with E-state index in [0.29, 0.717) is 11.5 Å². The molecule has 2 atom stereocenters. The fourth-order valence-electron chi connectivity index (χ4n) is 3.04. The highest BCUT2D eigenvalue weighted by molar-refractivity contribution is 5.08. The van der Waals surface area contributed by atoms with Crippen molar-refractivity contribution >= 4 is 0 Å². The first kappa shape index (κ1) is 16.2. The predicted molar refractivity (Wildman–Crippen MR) is 82.1 cm³/mol. The van der Waals surface area contributed by atoms with Crippen LogP contribution in [0.5, 0.6) is 0 Å². The molecule has 2 N–H and O–H groups in total. The average molecular weight is 265 g/mol. The van der Waals surface area contributed by atoms with Crippen LogP contribution >= 0.6 is 0 Å². The van der Waals surface area contributed by atoms with Gasteiger partial charge < -0.3 is 10.3 Å². The summed E-state index contributed by atoms with van der Waals surface area (Å²) in [6.45, 7) is 14.1. The topological polar surface area (TPSA) is 40.7 Å². The van der Waals surface area contributed by atoms with Gasteiger partial charge in [-0.25, -0.2) is 4.98 Å². The van der Waals surface area contributed by atoms with Crippen molar-refractivity contribution < 1.29 is 0 Å². The molecule has 0 spiro atoms. The summed E-state index contributed by atoms with van der Waals surface area (Å²) in [6, 6.07) is 0.652. The molecule has 3 nitrogen and oxygen atoms in total. The summed E-state index contributed by atoms with van der Waals surface area (Å²) in [6.07, 6.45) is 5.72. The first-order valence-electron chi connectivity index (χ1n) is 7.70. The van der Waals surface area contributed by atoms with Crippen LogP contribution in [-0.2, 0) is 6.54 Å². The summed E-state index contributed by atoms with van der Waals surface area (Å²) in [5.41, 5.74) is 2.86. The van der Waals surface area contributed by atoms with Crippen molar-refractivity contribution in [2.24, 2.45) is 11.3 Å². The van der Waals surface area contributed by atoms with Gasteiger partial charge in [0.1, 0.15) is 0 Å². The summed E-state index contributed by atoms with van der Waals surface area (Å²) in [7, 11) is 0. The highest BCUT2D eigenvalue weighted by Crippen LogP contribution is 2.38. The number of H-pyrrole nitrogens is 1. The van der Waals surface area contributed by atoms with Crippen molar-refractivity contribution in [3.63, 3.8) is 0 Å². The van der Waals surface area contributed by atoms with Crippen LogP contribution in [0.2, 0.25) is 0 Å². The summed E-state index contributed by atoms with van der Waals surface area (Å²) < 4.78 is 0. The van der Waals surface area contributed by atoms with E-state index in [0.717, 1.165) is 18.2 Å². The Bertz CT molecular complexity index is 368. The number of nitrogens with zero attached hydrogens (tertiary/aromatic N) is 1. The van der Waals surface area contributed by atoms with Crippen LogP contribution in [0.1, 0.15) is 65.3 Å². The molecule has 2 rings (SSSR count). The molecule has 1 saturated carbocycles. The maximum Gasteiger partial charge on any atom is 0.0925 e. The first-order chi connectivity index (χ1) is 8.98. The lowest BCUT2D eigenvalue weighted by Crippen LogP contribution is -2.41. The molecule has 1 unspecified atom stereocenters. The van der Waals surface area contributed by atoms with Crippen LogP contribution < -0.4 is 5.32 Å². The van der Waals surface area contributed by atoms with Crippen LogP contribution in [0.4, 0.5) is 0 Å². The van der Waals surface area contributed by atoms with E-state index >= 15 is 0 Å². The average Bonchev–Trinajstić information content (AvgIpc) is 2.76. The lowest BCUT2D eigenvalue weighted by molar-refractivity contribution is 0.148. The predicted octanol–water partition coefficient (Wildman–Crippen LogP) is 4.05. The number of rotatable bonds is 3. The summed E-state index contributed by atoms with van der Waals surface area (Å²) in [4.78, 5) is 7.47. The molecule has 110 valence electrons. The highest BCUT2D eigenvalue weighted by Gasteiger charge is 2.31. The molecular formula is C16H31N3. The number of hydrogen-bond acceptors (Lipinski definition) is 2. The van der Waals surface area contributed by atoms with Gasteiger partial charge in [0.25, 0.3) is 0 Å². The zero-order valence-electron chi connectivity index (χ0n) is 13.5. The minimum atomic E-state index is 0.528. The van der Waals surface area contributed by atoms with Crippen LogP contribution in [-0.4, -0.2) is 16.0 Å². The Kier molecular flexibility index (Phi) is 6.05. The highest BCUT2D eigenvalue weighted by atomic mass is 15.0. The van der Waals surface area contributed by atoms with E-state index in [1.54, 1.807) is 6.33 Å². The van der Waals surface area contributed by atoms with Crippen molar-refractivity contribution in [1.82, 2.24) is 15.3 Å². The van der Waals surface area contributed by atoms with Crippen molar-refractivity contribution in [2.75, 3.05) is 0 Å². The largest absolute Gasteiger partial charge is 0.348 e. The molecule has 0 aliphatic heterocycles. The molecule has 1 aliphatic rings. The normalized spacial score (nSPS) is 25.6. The molecule has 0 amide bonds. The standard InChI is InChI=1S/C14H25N3.C2H6/c1-10-7-14(3,4)6-5-12(10)15-8-13-11(2)16-9-17-13;1-2/h9-10,12,15H,5-8H2,1-4H3,(H,16,17);1-2H3/t10?,12-;/m1./s1. The van der Waals surface area contributed by atoms with Crippen molar-refractivity contribution in [2.45, 2.75) is 73.4 Å². The Morgan fingerprint density at radius 1 is 1.42 bits per heavy atom. The SMILES string of the molecule is CC.Cc1[nH]cnc1CN[C@@H]1CCC(C)(C)CC1C. The minimum absolute atomic E-state index is 0.528. The second-order valence-electron chi connectivity index (χ2n) is 6.35. The Balaban J connectivity index is 0.000000861. The zero-order chi connectivity index (χ0) is 14.5. The number of aryl methyl sites for hydroxylation is 1. The maximum atomic E-state index is 4.34. The lowest BCUT2D eigenvalue weighted by Gasteiger charge is -2.39. The second kappa shape index (κ2) is 7.09. The van der Waals surface area contributed by atoms with Crippen LogP contribution in [0.15, 0.2) is 6.33 Å². The van der Waals surface area contributed by atoms with E-state index in [-0.39, 0.29) is 0 Å². The molecule has 1 aromatic rings. The molecular weight excluding hydrogens is 234 g/mol. The summed E-state index contributed by atoms with van der Waals surface area (Å²) in [5.74, 6) is 0.762. The molecule has 1 aliphatic carbocycles. The van der Waals surface area contributed by atoms with Gasteiger partial charge in [0.15, 0.2) is 0 Å². The van der Waals surface area contributed by atoms with E-state index in [1.165, 1.54) is 25.0 Å². The number of nitrogens with one attached hydrogen (secondary N) is 2. The van der Waals surface area contributed by atoms with Gasteiger partial charge in [-0.2, -0.15) is 0 Å². The van der Waals surface area contributed by atoms with Crippen LogP contribution in [0.3, 0.4) is 0 Å². The van der Waals surface area contributed by atoms with Gasteiger partial charge in [0.2, 0.25) is 0 Å². The quantitative estimate of drug-likeness (QED) is 0.865. The Morgan fingerprint density at radius 3 is 2.63 bits per heavy atom. The van der Waals surface area contributed by atoms with Gasteiger partial charge in [-0.05, 0) is 37.5 Å². The molecule has 0 bridgehead atoms. The number of aromatic nitrogens is 2. The van der Waals surface area contributed by atoms with Crippen molar-refractivity contribution in [1.29, 1.82) is 0 Å². The van der Waals surface area contributed by atoms with Crippen LogP contribution in [0, 0.1) is 18.3 Å². The second-order valence-corrected chi connectivity index (χ2v) is 6.35. The molecule has 1 aromatic heterocycles. The maximum absolute atomic E-state index is 4.34. The fraction of sp³-hybridized carbons (Fsp3) is 0.812. The molecule has 1 heterocycles. The van der Waals surface area contributed by atoms with E-state index < -0.39 is 0 Å². The van der Waals surface area contributed by atoms with Gasteiger partial charge >= 0.3 is 0 Å². The third-order valence-corrected chi connectivity index (χ3v) is 4.16. The van der Waals surface area contributed by atoms with E-state index in [9.17, 15) is 0 Å². The monoisotopic (exact) mass is 265 g/mol. The smallest absolute Gasteiger partial charge is 0.0925 e. The number of aromatic amines is 1. The van der Waals surface area contributed by atoms with Crippen molar-refractivity contribution in [3.05, 3.63) is 17.7 Å². The molecule has 19 heavy (non-hydrogen) atoms. The third kappa shape index (κ3) is 4.64. The molecule has 0 saturated heterocycles. The zero-order valence-corrected chi connectivity index (χ0v) is 13.5. The van der Waals surface area contributed by atoms with E-state index in [1.807, 2.05) is 13.8 Å². The Morgan fingerprint density at radius 2 is 2.11 bits per heavy atom. The minimum Gasteiger partial charge on any atom is -0.348 e. The van der Waals surface area contributed by atoms with Gasteiger partial charge in [-0.15, -0.1) is 0 Å². The lowest BCUT2D eigenvalue weighted by atomic mass is 9.70. The van der Waals surface area contributed by atoms with Gasteiger partial charge in [-0.1, -0.05) is 34.6 Å². The van der Waals surface area contributed by atoms with Gasteiger partial charge in [0, 0.05) is 18.3 Å². The molecule has 0 aromatic carbocycles. The Hall–Kier alpha value is -0.830. The van der Waals surface area contributed by atoms with Crippen molar-refractivity contribution in [3.8, 4) is 0 Å².